The standard InChI is InChI=1S/C49H53F5N6O7/c1-25-38(49(52,53)54)32(21-34(39(25)50)58(22-27-11-16-30(63-6)17-12-27)23-28-13-18-31(64-7)19-14-28)41-40(51)42-37-44(57-46(56-42)66-36-10-8-9-35(36)61)59-24-29-15-20-33(43(59)26(2)65-45(37)55-41)60(29)47(62)67-48(3,4)5/h11-14,16-19,21,26,29,33,35-36,43,61H,8-10,15,20,22-24H2,1-7H3/t26-,29+,33-,35+,36+,43+/m0/s1. The maximum atomic E-state index is 17.9. The van der Waals surface area contributed by atoms with Gasteiger partial charge in [0.25, 0.3) is 0 Å². The molecule has 5 aromatic rings. The summed E-state index contributed by atoms with van der Waals surface area (Å²) in [6.45, 7) is 8.40. The summed E-state index contributed by atoms with van der Waals surface area (Å²) in [5.74, 6) is -1.35. The number of anilines is 2. The smallest absolute Gasteiger partial charge is 0.417 e. The maximum Gasteiger partial charge on any atom is 0.417 e. The lowest BCUT2D eigenvalue weighted by molar-refractivity contribution is -0.137. The van der Waals surface area contributed by atoms with Gasteiger partial charge >= 0.3 is 18.3 Å². The SMILES string of the molecule is COc1ccc(CN(Cc2ccc(OC)cc2)c2cc(-c3nc4c5c(nc(O[C@@H]6CCC[C@H]6O)nc5c3F)N3C[C@H]5CC[C@@H]([C@H]3[C@H](C)O4)N5C(=O)OC(C)(C)C)c(C(F)(F)F)c(C)c2F)cc1. The summed E-state index contributed by atoms with van der Waals surface area (Å²) in [5, 5.41) is 10.8. The Balaban J connectivity index is 1.23. The molecule has 18 heteroatoms. The molecule has 2 aromatic heterocycles. The highest BCUT2D eigenvalue weighted by atomic mass is 19.4. The molecule has 6 atom stereocenters. The topological polar surface area (TPSA) is 132 Å². The first-order valence-corrected chi connectivity index (χ1v) is 22.5. The molecule has 5 heterocycles. The van der Waals surface area contributed by atoms with E-state index >= 15 is 22.0 Å². The van der Waals surface area contributed by atoms with Gasteiger partial charge in [0.05, 0.1) is 49.7 Å². The van der Waals surface area contributed by atoms with E-state index in [-0.39, 0.29) is 54.5 Å². The van der Waals surface area contributed by atoms with Crippen molar-refractivity contribution in [1.29, 1.82) is 0 Å². The highest BCUT2D eigenvalue weighted by Crippen LogP contribution is 2.49. The summed E-state index contributed by atoms with van der Waals surface area (Å²) >= 11 is 0. The summed E-state index contributed by atoms with van der Waals surface area (Å²) in [5.41, 5.74) is -3.81. The van der Waals surface area contributed by atoms with Gasteiger partial charge in [-0.15, -0.1) is 0 Å². The third-order valence-corrected chi connectivity index (χ3v) is 13.2. The zero-order valence-electron chi connectivity index (χ0n) is 38.3. The number of halogens is 5. The number of aliphatic hydroxyl groups is 1. The largest absolute Gasteiger partial charge is 0.497 e. The van der Waals surface area contributed by atoms with Crippen LogP contribution in [0.4, 0.5) is 38.3 Å². The van der Waals surface area contributed by atoms with Gasteiger partial charge in [0, 0.05) is 25.2 Å². The number of amides is 1. The van der Waals surface area contributed by atoms with Crippen molar-refractivity contribution in [2.45, 2.75) is 128 Å². The molecule has 4 aliphatic rings. The Kier molecular flexibility index (Phi) is 12.0. The van der Waals surface area contributed by atoms with E-state index in [4.69, 9.17) is 28.7 Å². The predicted molar refractivity (Wildman–Crippen MR) is 239 cm³/mol. The molecular weight excluding hydrogens is 880 g/mol. The minimum atomic E-state index is -5.18. The number of rotatable bonds is 10. The first kappa shape index (κ1) is 46.0. The van der Waals surface area contributed by atoms with Crippen LogP contribution in [0.5, 0.6) is 23.4 Å². The number of pyridine rings is 1. The molecule has 356 valence electrons. The van der Waals surface area contributed by atoms with Crippen molar-refractivity contribution in [3.05, 3.63) is 88.5 Å². The molecule has 9 rings (SSSR count). The lowest BCUT2D eigenvalue weighted by Crippen LogP contribution is -2.65. The summed E-state index contributed by atoms with van der Waals surface area (Å²) in [6, 6.07) is 13.2. The predicted octanol–water partition coefficient (Wildman–Crippen LogP) is 9.55. The average Bonchev–Trinajstić information content (AvgIpc) is 3.79. The van der Waals surface area contributed by atoms with Crippen molar-refractivity contribution in [1.82, 2.24) is 19.9 Å². The number of hydrogen-bond acceptors (Lipinski definition) is 12. The Morgan fingerprint density at radius 1 is 0.896 bits per heavy atom. The third kappa shape index (κ3) is 8.68. The first-order valence-electron chi connectivity index (χ1n) is 22.5. The zero-order valence-corrected chi connectivity index (χ0v) is 38.3. The number of carbonyl (C=O) groups excluding carboxylic acids is 1. The quantitative estimate of drug-likeness (QED) is 0.134. The van der Waals surface area contributed by atoms with Crippen molar-refractivity contribution >= 4 is 28.5 Å². The van der Waals surface area contributed by atoms with Gasteiger partial charge in [0.2, 0.25) is 5.88 Å². The van der Waals surface area contributed by atoms with Crippen molar-refractivity contribution in [3.63, 3.8) is 0 Å². The summed E-state index contributed by atoms with van der Waals surface area (Å²) in [7, 11) is 3.04. The van der Waals surface area contributed by atoms with E-state index < -0.39 is 87.8 Å². The van der Waals surface area contributed by atoms with Crippen molar-refractivity contribution < 1.29 is 55.5 Å². The lowest BCUT2D eigenvalue weighted by Gasteiger charge is -2.48. The second-order valence-electron chi connectivity index (χ2n) is 18.7. The first-order chi connectivity index (χ1) is 31.8. The number of alkyl halides is 3. The number of benzene rings is 3. The molecule has 1 saturated carbocycles. The van der Waals surface area contributed by atoms with Crippen LogP contribution in [0.15, 0.2) is 54.6 Å². The van der Waals surface area contributed by atoms with Crippen LogP contribution < -0.4 is 28.7 Å². The van der Waals surface area contributed by atoms with E-state index in [1.54, 1.807) is 86.0 Å². The van der Waals surface area contributed by atoms with Crippen LogP contribution in [-0.2, 0) is 24.0 Å². The highest BCUT2D eigenvalue weighted by Gasteiger charge is 2.54. The molecule has 0 unspecified atom stereocenters. The van der Waals surface area contributed by atoms with Gasteiger partial charge in [-0.25, -0.2) is 18.6 Å². The zero-order chi connectivity index (χ0) is 47.7. The molecule has 67 heavy (non-hydrogen) atoms. The van der Waals surface area contributed by atoms with Crippen LogP contribution in [0.3, 0.4) is 0 Å². The molecule has 1 aliphatic carbocycles. The monoisotopic (exact) mass is 932 g/mol. The molecule has 3 fully saturated rings. The van der Waals surface area contributed by atoms with Gasteiger partial charge in [-0.2, -0.15) is 23.1 Å². The van der Waals surface area contributed by atoms with Crippen LogP contribution in [0, 0.1) is 18.6 Å². The van der Waals surface area contributed by atoms with Crippen LogP contribution in [0.1, 0.15) is 82.1 Å². The number of piperazine rings is 1. The molecule has 13 nitrogen and oxygen atoms in total. The highest BCUT2D eigenvalue weighted by molar-refractivity contribution is 5.98. The maximum absolute atomic E-state index is 17.9. The number of fused-ring (bicyclic) bond motifs is 5. The van der Waals surface area contributed by atoms with E-state index in [1.807, 2.05) is 4.90 Å². The van der Waals surface area contributed by atoms with Crippen molar-refractivity contribution in [2.24, 2.45) is 0 Å². The molecule has 1 N–H and O–H groups in total. The number of nitrogens with zero attached hydrogens (tertiary/aromatic N) is 6. The van der Waals surface area contributed by atoms with E-state index in [1.165, 1.54) is 14.2 Å². The van der Waals surface area contributed by atoms with E-state index in [9.17, 15) is 9.90 Å². The second kappa shape index (κ2) is 17.5. The molecule has 0 spiro atoms. The molecule has 1 amide bonds. The van der Waals surface area contributed by atoms with E-state index in [0.29, 0.717) is 54.7 Å². The Morgan fingerprint density at radius 2 is 1.54 bits per heavy atom. The molecule has 2 bridgehead atoms. The van der Waals surface area contributed by atoms with Gasteiger partial charge in [0.15, 0.2) is 5.82 Å². The number of methoxy groups -OCH3 is 2. The fourth-order valence-corrected chi connectivity index (χ4v) is 10.1. The van der Waals surface area contributed by atoms with Crippen molar-refractivity contribution in [3.8, 4) is 34.6 Å². The number of aromatic nitrogens is 3. The molecule has 2 saturated heterocycles. The Morgan fingerprint density at radius 3 is 2.10 bits per heavy atom. The fourth-order valence-electron chi connectivity index (χ4n) is 10.1. The normalized spacial score (nSPS) is 22.3. The minimum absolute atomic E-state index is 0.00621. The average molecular weight is 933 g/mol. The Hall–Kier alpha value is -6.17. The van der Waals surface area contributed by atoms with Crippen molar-refractivity contribution in [2.75, 3.05) is 30.6 Å². The number of aliphatic hydroxyl groups excluding tert-OH is 1. The van der Waals surface area contributed by atoms with Crippen LogP contribution in [-0.4, -0.2) is 93.9 Å². The van der Waals surface area contributed by atoms with Gasteiger partial charge in [-0.1, -0.05) is 24.3 Å². The molecule has 3 aliphatic heterocycles. The van der Waals surface area contributed by atoms with Gasteiger partial charge < -0.3 is 38.6 Å². The summed E-state index contributed by atoms with van der Waals surface area (Å²) in [6.07, 6.45) is -5.28. The van der Waals surface area contributed by atoms with Gasteiger partial charge in [-0.05, 0) is 114 Å². The second-order valence-corrected chi connectivity index (χ2v) is 18.7. The van der Waals surface area contributed by atoms with Gasteiger partial charge in [0.1, 0.15) is 57.5 Å². The molecule has 0 radical (unpaired) electrons. The van der Waals surface area contributed by atoms with Crippen LogP contribution in [0.2, 0.25) is 0 Å². The number of ether oxygens (including phenoxy) is 5. The van der Waals surface area contributed by atoms with Gasteiger partial charge in [-0.3, -0.25) is 4.90 Å². The minimum Gasteiger partial charge on any atom is -0.497 e. The Labute approximate surface area is 384 Å². The Bertz CT molecular complexity index is 2630. The van der Waals surface area contributed by atoms with Crippen LogP contribution in [0.25, 0.3) is 22.2 Å². The molecular formula is C49H53F5N6O7. The molecule has 3 aromatic carbocycles. The number of carbonyl (C=O) groups is 1. The summed E-state index contributed by atoms with van der Waals surface area (Å²) in [4.78, 5) is 32.8. The number of hydrogen-bond donors (Lipinski definition) is 1. The fraction of sp³-hybridized carbons (Fsp3) is 0.469. The van der Waals surface area contributed by atoms with E-state index in [0.717, 1.165) is 13.0 Å². The third-order valence-electron chi connectivity index (χ3n) is 13.2. The lowest BCUT2D eigenvalue weighted by atomic mass is 9.95. The van der Waals surface area contributed by atoms with Crippen LogP contribution >= 0.6 is 0 Å². The van der Waals surface area contributed by atoms with E-state index in [2.05, 4.69) is 9.97 Å². The summed E-state index contributed by atoms with van der Waals surface area (Å²) < 4.78 is 111.